The molecule has 6 nitrogen and oxygen atoms in total. The van der Waals surface area contributed by atoms with E-state index in [0.29, 0.717) is 6.42 Å². The molecule has 0 spiro atoms. The summed E-state index contributed by atoms with van der Waals surface area (Å²) in [6.45, 7) is 0. The van der Waals surface area contributed by atoms with Crippen molar-refractivity contribution in [3.05, 3.63) is 60.6 Å². The molecule has 2 N–H and O–H groups in total. The predicted octanol–water partition coefficient (Wildman–Crippen LogP) is 1.72. The van der Waals surface area contributed by atoms with E-state index < -0.39 is 11.9 Å². The summed E-state index contributed by atoms with van der Waals surface area (Å²) in [6, 6.07) is 10.8. The molecule has 0 fully saturated rings. The van der Waals surface area contributed by atoms with Crippen molar-refractivity contribution in [2.75, 3.05) is 0 Å². The molecule has 6 heteroatoms. The Morgan fingerprint density at radius 2 is 2.05 bits per heavy atom. The molecule has 0 bridgehead atoms. The number of hydroxylamine groups is 1. The van der Waals surface area contributed by atoms with Gasteiger partial charge in [0.25, 0.3) is 5.91 Å². The fraction of sp³-hybridized carbons (Fsp3) is 0.133. The van der Waals surface area contributed by atoms with Crippen LogP contribution in [0.2, 0.25) is 0 Å². The van der Waals surface area contributed by atoms with E-state index in [4.69, 9.17) is 5.21 Å². The van der Waals surface area contributed by atoms with Crippen LogP contribution in [0, 0.1) is 0 Å². The lowest BCUT2D eigenvalue weighted by Gasteiger charge is -2.16. The number of nitrogens with one attached hydrogen (secondary N) is 1. The monoisotopic (exact) mass is 282 g/mol. The van der Waals surface area contributed by atoms with Crippen LogP contribution in [0.25, 0.3) is 10.9 Å². The van der Waals surface area contributed by atoms with Gasteiger partial charge in [-0.25, -0.2) is 5.48 Å². The minimum Gasteiger partial charge on any atom is -0.289 e. The van der Waals surface area contributed by atoms with Crippen molar-refractivity contribution in [3.8, 4) is 0 Å². The topological polar surface area (TPSA) is 80.0 Å². The summed E-state index contributed by atoms with van der Waals surface area (Å²) in [5.41, 5.74) is 3.51. The first-order chi connectivity index (χ1) is 10.3. The first-order valence-corrected chi connectivity index (χ1v) is 6.54. The Morgan fingerprint density at radius 3 is 2.81 bits per heavy atom. The molecular formula is C15H14N4O2. The highest BCUT2D eigenvalue weighted by molar-refractivity contribution is 5.83. The highest BCUT2D eigenvalue weighted by Gasteiger charge is 2.23. The number of amides is 1. The maximum absolute atomic E-state index is 12.0. The van der Waals surface area contributed by atoms with Crippen LogP contribution in [0.5, 0.6) is 0 Å². The average Bonchev–Trinajstić information content (AvgIpc) is 2.97. The summed E-state index contributed by atoms with van der Waals surface area (Å²) in [5, 5.41) is 14.1. The Morgan fingerprint density at radius 1 is 1.24 bits per heavy atom. The van der Waals surface area contributed by atoms with Crippen LogP contribution >= 0.6 is 0 Å². The molecule has 3 rings (SSSR count). The lowest BCUT2D eigenvalue weighted by molar-refractivity contribution is -0.132. The molecule has 1 unspecified atom stereocenters. The SMILES string of the molecule is O=C(NO)C(Cc1ccccc1)n1ncc2cnccc21. The fourth-order valence-corrected chi connectivity index (χ4v) is 2.34. The number of aromatic nitrogens is 3. The fourth-order valence-electron chi connectivity index (χ4n) is 2.34. The third-order valence-corrected chi connectivity index (χ3v) is 3.38. The number of rotatable bonds is 4. The minimum absolute atomic E-state index is 0.437. The molecule has 1 aromatic carbocycles. The first kappa shape index (κ1) is 13.3. The van der Waals surface area contributed by atoms with E-state index in [1.807, 2.05) is 30.3 Å². The second-order valence-electron chi connectivity index (χ2n) is 4.71. The Kier molecular flexibility index (Phi) is 3.61. The van der Waals surface area contributed by atoms with Gasteiger partial charge in [0, 0.05) is 24.2 Å². The average molecular weight is 282 g/mol. The normalized spacial score (nSPS) is 12.2. The van der Waals surface area contributed by atoms with Crippen molar-refractivity contribution in [1.82, 2.24) is 20.2 Å². The first-order valence-electron chi connectivity index (χ1n) is 6.54. The molecule has 0 saturated heterocycles. The minimum atomic E-state index is -0.628. The number of hydrogen-bond acceptors (Lipinski definition) is 4. The molecule has 21 heavy (non-hydrogen) atoms. The molecule has 1 amide bonds. The van der Waals surface area contributed by atoms with Gasteiger partial charge in [-0.1, -0.05) is 30.3 Å². The van der Waals surface area contributed by atoms with Crippen LogP contribution in [0.1, 0.15) is 11.6 Å². The van der Waals surface area contributed by atoms with Gasteiger partial charge in [0.2, 0.25) is 0 Å². The van der Waals surface area contributed by atoms with Crippen LogP contribution in [0.15, 0.2) is 55.0 Å². The van der Waals surface area contributed by atoms with E-state index in [1.54, 1.807) is 34.8 Å². The van der Waals surface area contributed by atoms with Crippen LogP contribution in [-0.2, 0) is 11.2 Å². The van der Waals surface area contributed by atoms with Crippen LogP contribution in [-0.4, -0.2) is 25.9 Å². The van der Waals surface area contributed by atoms with Gasteiger partial charge in [-0.3, -0.25) is 19.7 Å². The van der Waals surface area contributed by atoms with Gasteiger partial charge in [-0.15, -0.1) is 0 Å². The van der Waals surface area contributed by atoms with Crippen molar-refractivity contribution in [1.29, 1.82) is 0 Å². The molecule has 0 saturated carbocycles. The van der Waals surface area contributed by atoms with Crippen molar-refractivity contribution in [2.45, 2.75) is 12.5 Å². The lowest BCUT2D eigenvalue weighted by Crippen LogP contribution is -2.32. The number of benzene rings is 1. The van der Waals surface area contributed by atoms with E-state index in [0.717, 1.165) is 16.5 Å². The van der Waals surface area contributed by atoms with Gasteiger partial charge >= 0.3 is 0 Å². The zero-order chi connectivity index (χ0) is 14.7. The largest absolute Gasteiger partial charge is 0.289 e. The molecule has 106 valence electrons. The van der Waals surface area contributed by atoms with Crippen LogP contribution < -0.4 is 5.48 Å². The van der Waals surface area contributed by atoms with E-state index in [9.17, 15) is 4.79 Å². The number of hydrogen-bond donors (Lipinski definition) is 2. The standard InChI is InChI=1S/C15H14N4O2/c20-15(18-21)14(8-11-4-2-1-3-5-11)19-13-6-7-16-9-12(13)10-17-19/h1-7,9-10,14,21H,8H2,(H,18,20). The van der Waals surface area contributed by atoms with Crippen molar-refractivity contribution in [2.24, 2.45) is 0 Å². The Hall–Kier alpha value is -2.73. The van der Waals surface area contributed by atoms with Crippen LogP contribution in [0.4, 0.5) is 0 Å². The Bertz CT molecular complexity index is 754. The summed E-state index contributed by atoms with van der Waals surface area (Å²) in [7, 11) is 0. The molecule has 2 heterocycles. The number of pyridine rings is 1. The zero-order valence-electron chi connectivity index (χ0n) is 11.2. The van der Waals surface area contributed by atoms with Crippen molar-refractivity contribution in [3.63, 3.8) is 0 Å². The second-order valence-corrected chi connectivity index (χ2v) is 4.71. The summed E-state index contributed by atoms with van der Waals surface area (Å²) < 4.78 is 1.61. The van der Waals surface area contributed by atoms with Gasteiger partial charge in [0.1, 0.15) is 6.04 Å². The van der Waals surface area contributed by atoms with E-state index in [2.05, 4.69) is 10.1 Å². The number of fused-ring (bicyclic) bond motifs is 1. The number of nitrogens with zero attached hydrogens (tertiary/aromatic N) is 3. The third kappa shape index (κ3) is 2.61. The third-order valence-electron chi connectivity index (χ3n) is 3.38. The molecule has 0 aliphatic carbocycles. The molecule has 0 aliphatic heterocycles. The maximum Gasteiger partial charge on any atom is 0.268 e. The zero-order valence-corrected chi connectivity index (χ0v) is 11.2. The molecular weight excluding hydrogens is 268 g/mol. The molecule has 0 aliphatic rings. The predicted molar refractivity (Wildman–Crippen MR) is 76.6 cm³/mol. The second kappa shape index (κ2) is 5.72. The van der Waals surface area contributed by atoms with Crippen molar-refractivity contribution < 1.29 is 10.0 Å². The maximum atomic E-state index is 12.0. The lowest BCUT2D eigenvalue weighted by atomic mass is 10.1. The summed E-state index contributed by atoms with van der Waals surface area (Å²) in [6.07, 6.45) is 5.43. The van der Waals surface area contributed by atoms with Gasteiger partial charge in [0.05, 0.1) is 11.7 Å². The summed E-state index contributed by atoms with van der Waals surface area (Å²) >= 11 is 0. The highest BCUT2D eigenvalue weighted by Crippen LogP contribution is 2.20. The Labute approximate surface area is 121 Å². The summed E-state index contributed by atoms with van der Waals surface area (Å²) in [4.78, 5) is 16.1. The van der Waals surface area contributed by atoms with Gasteiger partial charge in [-0.05, 0) is 11.6 Å². The Balaban J connectivity index is 2.01. The van der Waals surface area contributed by atoms with Crippen molar-refractivity contribution >= 4 is 16.8 Å². The number of carbonyl (C=O) groups excluding carboxylic acids is 1. The molecule has 3 aromatic rings. The van der Waals surface area contributed by atoms with E-state index in [-0.39, 0.29) is 0 Å². The number of carbonyl (C=O) groups is 1. The highest BCUT2D eigenvalue weighted by atomic mass is 16.5. The summed E-state index contributed by atoms with van der Waals surface area (Å²) in [5.74, 6) is -0.499. The van der Waals surface area contributed by atoms with Gasteiger partial charge < -0.3 is 0 Å². The van der Waals surface area contributed by atoms with Gasteiger partial charge in [-0.2, -0.15) is 5.10 Å². The van der Waals surface area contributed by atoms with Crippen LogP contribution in [0.3, 0.4) is 0 Å². The van der Waals surface area contributed by atoms with E-state index in [1.165, 1.54) is 0 Å². The van der Waals surface area contributed by atoms with E-state index >= 15 is 0 Å². The smallest absolute Gasteiger partial charge is 0.268 e. The quantitative estimate of drug-likeness (QED) is 0.564. The van der Waals surface area contributed by atoms with Gasteiger partial charge in [0.15, 0.2) is 0 Å². The molecule has 2 aromatic heterocycles. The molecule has 1 atom stereocenters. The molecule has 0 radical (unpaired) electrons.